The van der Waals surface area contributed by atoms with Gasteiger partial charge in [0, 0.05) is 0 Å². The van der Waals surface area contributed by atoms with E-state index in [1.165, 1.54) is 18.2 Å². The molecule has 0 aliphatic carbocycles. The van der Waals surface area contributed by atoms with E-state index in [0.717, 1.165) is 0 Å². The molecule has 0 fully saturated rings. The lowest BCUT2D eigenvalue weighted by molar-refractivity contribution is -0.0499. The van der Waals surface area contributed by atoms with Crippen molar-refractivity contribution in [3.05, 3.63) is 23.8 Å². The molecule has 1 rings (SSSR count). The number of hydrazine groups is 1. The highest BCUT2D eigenvalue weighted by molar-refractivity contribution is 5.63. The van der Waals surface area contributed by atoms with Crippen LogP contribution in [0.15, 0.2) is 18.2 Å². The zero-order valence-corrected chi connectivity index (χ0v) is 7.00. The summed E-state index contributed by atoms with van der Waals surface area (Å²) in [4.78, 5) is 0. The van der Waals surface area contributed by atoms with Crippen molar-refractivity contribution in [3.8, 4) is 11.8 Å². The fourth-order valence-electron chi connectivity index (χ4n) is 0.961. The molecule has 0 atom stereocenters. The first-order valence-electron chi connectivity index (χ1n) is 3.63. The Morgan fingerprint density at radius 3 is 2.71 bits per heavy atom. The Labute approximate surface area is 78.9 Å². The third-order valence-electron chi connectivity index (χ3n) is 1.51. The van der Waals surface area contributed by atoms with Crippen molar-refractivity contribution in [3.63, 3.8) is 0 Å². The normalized spacial score (nSPS) is 9.64. The van der Waals surface area contributed by atoms with Gasteiger partial charge in [-0.15, -0.1) is 0 Å². The molecule has 4 nitrogen and oxygen atoms in total. The van der Waals surface area contributed by atoms with Gasteiger partial charge in [-0.2, -0.15) is 14.0 Å². The van der Waals surface area contributed by atoms with Crippen LogP contribution in [0.3, 0.4) is 0 Å². The van der Waals surface area contributed by atoms with Crippen LogP contribution in [0.25, 0.3) is 0 Å². The molecule has 1 aromatic rings. The zero-order chi connectivity index (χ0) is 10.6. The quantitative estimate of drug-likeness (QED) is 0.570. The average Bonchev–Trinajstić information content (AvgIpc) is 2.16. The van der Waals surface area contributed by atoms with Gasteiger partial charge in [-0.3, -0.25) is 5.84 Å². The number of alkyl halides is 2. The number of rotatable bonds is 3. The van der Waals surface area contributed by atoms with Gasteiger partial charge in [-0.05, 0) is 12.1 Å². The molecule has 0 spiro atoms. The fourth-order valence-corrected chi connectivity index (χ4v) is 0.961. The molecule has 0 saturated carbocycles. The van der Waals surface area contributed by atoms with Crippen LogP contribution in [0.1, 0.15) is 5.56 Å². The number of nitrogens with one attached hydrogen (secondary N) is 1. The lowest BCUT2D eigenvalue weighted by Crippen LogP contribution is -2.10. The van der Waals surface area contributed by atoms with Gasteiger partial charge >= 0.3 is 6.61 Å². The van der Waals surface area contributed by atoms with Crippen LogP contribution in [0.2, 0.25) is 0 Å². The Balaban J connectivity index is 3.10. The lowest BCUT2D eigenvalue weighted by Gasteiger charge is -2.09. The predicted molar refractivity (Wildman–Crippen MR) is 45.6 cm³/mol. The van der Waals surface area contributed by atoms with Gasteiger partial charge in [0.1, 0.15) is 17.4 Å². The van der Waals surface area contributed by atoms with E-state index in [9.17, 15) is 8.78 Å². The predicted octanol–water partition coefficient (Wildman–Crippen LogP) is 1.45. The summed E-state index contributed by atoms with van der Waals surface area (Å²) in [6.45, 7) is -2.96. The van der Waals surface area contributed by atoms with Gasteiger partial charge in [0.25, 0.3) is 0 Å². The van der Waals surface area contributed by atoms with Crippen LogP contribution in [-0.2, 0) is 0 Å². The molecule has 0 aromatic heterocycles. The van der Waals surface area contributed by atoms with Crippen LogP contribution in [0.5, 0.6) is 5.75 Å². The molecule has 3 N–H and O–H groups in total. The molecule has 0 aliphatic rings. The highest BCUT2D eigenvalue weighted by Crippen LogP contribution is 2.26. The Kier molecular flexibility index (Phi) is 3.20. The van der Waals surface area contributed by atoms with Crippen LogP contribution in [-0.4, -0.2) is 6.61 Å². The van der Waals surface area contributed by atoms with E-state index in [0.29, 0.717) is 0 Å². The summed E-state index contributed by atoms with van der Waals surface area (Å²) in [5, 5.41) is 8.67. The standard InChI is InChI=1S/C8H7F2N3O/c9-8(10)14-7-3-1-2-6(13-12)5(7)4-11/h1-3,8,13H,12H2. The van der Waals surface area contributed by atoms with Crippen molar-refractivity contribution >= 4 is 5.69 Å². The number of benzene rings is 1. The molecule has 14 heavy (non-hydrogen) atoms. The van der Waals surface area contributed by atoms with E-state index in [-0.39, 0.29) is 17.0 Å². The summed E-state index contributed by atoms with van der Waals surface area (Å²) in [6.07, 6.45) is 0. The third-order valence-corrected chi connectivity index (χ3v) is 1.51. The summed E-state index contributed by atoms with van der Waals surface area (Å²) >= 11 is 0. The molecular formula is C8H7F2N3O. The molecule has 0 heterocycles. The van der Waals surface area contributed by atoms with Gasteiger partial charge in [-0.25, -0.2) is 0 Å². The number of nitriles is 1. The first kappa shape index (κ1) is 10.2. The Morgan fingerprint density at radius 1 is 1.50 bits per heavy atom. The van der Waals surface area contributed by atoms with Crippen LogP contribution >= 0.6 is 0 Å². The molecule has 0 saturated heterocycles. The number of halogens is 2. The van der Waals surface area contributed by atoms with Crippen LogP contribution in [0, 0.1) is 11.3 Å². The minimum Gasteiger partial charge on any atom is -0.433 e. The van der Waals surface area contributed by atoms with Gasteiger partial charge in [-0.1, -0.05) is 6.07 Å². The van der Waals surface area contributed by atoms with Crippen molar-refractivity contribution in [1.82, 2.24) is 0 Å². The van der Waals surface area contributed by atoms with Gasteiger partial charge < -0.3 is 10.2 Å². The number of ether oxygens (including phenoxy) is 1. The molecule has 0 radical (unpaired) electrons. The van der Waals surface area contributed by atoms with Gasteiger partial charge in [0.15, 0.2) is 0 Å². The number of hydrogen-bond donors (Lipinski definition) is 2. The smallest absolute Gasteiger partial charge is 0.387 e. The molecule has 6 heteroatoms. The number of nitrogens with zero attached hydrogens (tertiary/aromatic N) is 1. The van der Waals surface area contributed by atoms with E-state index >= 15 is 0 Å². The minimum atomic E-state index is -2.96. The van der Waals surface area contributed by atoms with E-state index < -0.39 is 6.61 Å². The number of nitrogen functional groups attached to an aromatic ring is 1. The number of hydrogen-bond acceptors (Lipinski definition) is 4. The topological polar surface area (TPSA) is 71.1 Å². The van der Waals surface area contributed by atoms with Crippen molar-refractivity contribution in [2.24, 2.45) is 5.84 Å². The summed E-state index contributed by atoms with van der Waals surface area (Å²) in [5.74, 6) is 4.89. The molecule has 0 bridgehead atoms. The second-order valence-electron chi connectivity index (χ2n) is 2.31. The second kappa shape index (κ2) is 4.39. The summed E-state index contributed by atoms with van der Waals surface area (Å²) in [5.41, 5.74) is 2.41. The molecule has 0 unspecified atom stereocenters. The maximum atomic E-state index is 11.9. The fraction of sp³-hybridized carbons (Fsp3) is 0.125. The van der Waals surface area contributed by atoms with Crippen molar-refractivity contribution in [2.75, 3.05) is 5.43 Å². The van der Waals surface area contributed by atoms with Crippen molar-refractivity contribution in [1.29, 1.82) is 5.26 Å². The number of anilines is 1. The highest BCUT2D eigenvalue weighted by atomic mass is 19.3. The Bertz CT molecular complexity index is 362. The molecule has 0 amide bonds. The first-order chi connectivity index (χ1) is 6.69. The summed E-state index contributed by atoms with van der Waals surface area (Å²) < 4.78 is 27.9. The lowest BCUT2D eigenvalue weighted by atomic mass is 10.2. The SMILES string of the molecule is N#Cc1c(NN)cccc1OC(F)F. The van der Waals surface area contributed by atoms with Crippen LogP contribution < -0.4 is 16.0 Å². The van der Waals surface area contributed by atoms with E-state index in [1.54, 1.807) is 6.07 Å². The Hall–Kier alpha value is -1.87. The van der Waals surface area contributed by atoms with E-state index in [2.05, 4.69) is 10.2 Å². The number of nitrogens with two attached hydrogens (primary N) is 1. The van der Waals surface area contributed by atoms with Crippen LogP contribution in [0.4, 0.5) is 14.5 Å². The van der Waals surface area contributed by atoms with E-state index in [1.807, 2.05) is 0 Å². The minimum absolute atomic E-state index is 0.0460. The largest absolute Gasteiger partial charge is 0.433 e. The molecule has 1 aromatic carbocycles. The maximum absolute atomic E-state index is 11.9. The van der Waals surface area contributed by atoms with Crippen molar-refractivity contribution < 1.29 is 13.5 Å². The maximum Gasteiger partial charge on any atom is 0.387 e. The van der Waals surface area contributed by atoms with Crippen molar-refractivity contribution in [2.45, 2.75) is 6.61 Å². The monoisotopic (exact) mass is 199 g/mol. The van der Waals surface area contributed by atoms with E-state index in [4.69, 9.17) is 11.1 Å². The average molecular weight is 199 g/mol. The first-order valence-corrected chi connectivity index (χ1v) is 3.63. The summed E-state index contributed by atoms with van der Waals surface area (Å²) in [7, 11) is 0. The summed E-state index contributed by atoms with van der Waals surface area (Å²) in [6, 6.07) is 5.92. The van der Waals surface area contributed by atoms with Gasteiger partial charge in [0.2, 0.25) is 0 Å². The third kappa shape index (κ3) is 2.08. The molecule has 74 valence electrons. The van der Waals surface area contributed by atoms with Gasteiger partial charge in [0.05, 0.1) is 5.69 Å². The molecule has 0 aliphatic heterocycles. The second-order valence-corrected chi connectivity index (χ2v) is 2.31. The zero-order valence-electron chi connectivity index (χ0n) is 7.00. The molecular weight excluding hydrogens is 192 g/mol. The Morgan fingerprint density at radius 2 is 2.21 bits per heavy atom. The highest BCUT2D eigenvalue weighted by Gasteiger charge is 2.12.